The Kier molecular flexibility index (Phi) is 3.05. The van der Waals surface area contributed by atoms with Crippen LogP contribution in [-0.4, -0.2) is 19.1 Å². The maximum atomic E-state index is 13.5. The van der Waals surface area contributed by atoms with Gasteiger partial charge in [0.1, 0.15) is 5.82 Å². The predicted molar refractivity (Wildman–Crippen MR) is 55.7 cm³/mol. The quantitative estimate of drug-likeness (QED) is 0.748. The summed E-state index contributed by atoms with van der Waals surface area (Å²) >= 11 is 0. The second-order valence-corrected chi connectivity index (χ2v) is 4.07. The lowest BCUT2D eigenvalue weighted by Gasteiger charge is -2.32. The topological polar surface area (TPSA) is 29.3 Å². The van der Waals surface area contributed by atoms with Crippen molar-refractivity contribution >= 4 is 5.69 Å². The Morgan fingerprint density at radius 2 is 1.81 bits per heavy atom. The van der Waals surface area contributed by atoms with Gasteiger partial charge in [0.05, 0.1) is 5.69 Å². The van der Waals surface area contributed by atoms with Gasteiger partial charge in [0, 0.05) is 31.3 Å². The first kappa shape index (κ1) is 11.3. The van der Waals surface area contributed by atoms with E-state index in [2.05, 4.69) is 0 Å². The maximum Gasteiger partial charge on any atom is 0.161 e. The summed E-state index contributed by atoms with van der Waals surface area (Å²) in [5.74, 6) is -2.94. The van der Waals surface area contributed by atoms with Gasteiger partial charge in [-0.1, -0.05) is 0 Å². The highest BCUT2D eigenvalue weighted by Gasteiger charge is 2.21. The molecule has 0 radical (unpaired) electrons. The molecule has 0 aromatic heterocycles. The zero-order chi connectivity index (χ0) is 11.7. The van der Waals surface area contributed by atoms with Gasteiger partial charge in [-0.2, -0.15) is 0 Å². The van der Waals surface area contributed by atoms with Crippen LogP contribution >= 0.6 is 0 Å². The second kappa shape index (κ2) is 4.33. The second-order valence-electron chi connectivity index (χ2n) is 4.07. The van der Waals surface area contributed by atoms with Crippen LogP contribution in [0.5, 0.6) is 0 Å². The fraction of sp³-hybridized carbons (Fsp3) is 0.455. The van der Waals surface area contributed by atoms with E-state index in [0.717, 1.165) is 18.9 Å². The number of hydrogen-bond donors (Lipinski definition) is 1. The van der Waals surface area contributed by atoms with Crippen LogP contribution in [0.2, 0.25) is 0 Å². The van der Waals surface area contributed by atoms with Crippen molar-refractivity contribution in [2.45, 2.75) is 18.9 Å². The Balaban J connectivity index is 2.29. The zero-order valence-corrected chi connectivity index (χ0v) is 8.72. The van der Waals surface area contributed by atoms with E-state index in [1.165, 1.54) is 0 Å². The molecule has 1 fully saturated rings. The third-order valence-corrected chi connectivity index (χ3v) is 2.79. The van der Waals surface area contributed by atoms with E-state index >= 15 is 0 Å². The molecular weight excluding hydrogens is 217 g/mol. The molecule has 1 atom stereocenters. The van der Waals surface area contributed by atoms with Gasteiger partial charge in [0.15, 0.2) is 11.6 Å². The fourth-order valence-electron chi connectivity index (χ4n) is 1.98. The van der Waals surface area contributed by atoms with E-state index in [0.29, 0.717) is 19.2 Å². The molecule has 1 aromatic rings. The number of piperidine rings is 1. The molecule has 2 nitrogen and oxygen atoms in total. The van der Waals surface area contributed by atoms with E-state index in [1.807, 2.05) is 0 Å². The van der Waals surface area contributed by atoms with Gasteiger partial charge < -0.3 is 10.6 Å². The molecule has 1 aliphatic rings. The van der Waals surface area contributed by atoms with Crippen LogP contribution in [0.4, 0.5) is 18.9 Å². The summed E-state index contributed by atoms with van der Waals surface area (Å²) in [6.45, 7) is 1.09. The van der Waals surface area contributed by atoms with Crippen LogP contribution in [0, 0.1) is 17.5 Å². The maximum absolute atomic E-state index is 13.5. The van der Waals surface area contributed by atoms with Crippen LogP contribution in [0.15, 0.2) is 12.1 Å². The van der Waals surface area contributed by atoms with Crippen molar-refractivity contribution in [1.29, 1.82) is 0 Å². The first-order chi connectivity index (χ1) is 7.58. The molecular formula is C11H13F3N2. The van der Waals surface area contributed by atoms with Crippen molar-refractivity contribution in [2.75, 3.05) is 18.0 Å². The molecule has 2 rings (SSSR count). The summed E-state index contributed by atoms with van der Waals surface area (Å²) in [5.41, 5.74) is 5.84. The van der Waals surface area contributed by atoms with E-state index in [1.54, 1.807) is 4.90 Å². The Labute approximate surface area is 91.8 Å². The lowest BCUT2D eigenvalue weighted by atomic mass is 10.1. The molecule has 0 saturated carbocycles. The highest BCUT2D eigenvalue weighted by atomic mass is 19.2. The van der Waals surface area contributed by atoms with Gasteiger partial charge in [-0.25, -0.2) is 13.2 Å². The summed E-state index contributed by atoms with van der Waals surface area (Å²) < 4.78 is 39.2. The van der Waals surface area contributed by atoms with E-state index in [4.69, 9.17) is 5.73 Å². The molecule has 5 heteroatoms. The van der Waals surface area contributed by atoms with Crippen molar-refractivity contribution in [3.8, 4) is 0 Å². The minimum Gasteiger partial charge on any atom is -0.368 e. The summed E-state index contributed by atoms with van der Waals surface area (Å²) in [4.78, 5) is 1.66. The van der Waals surface area contributed by atoms with Crippen LogP contribution in [0.1, 0.15) is 12.8 Å². The lowest BCUT2D eigenvalue weighted by molar-refractivity contribution is 0.478. The SMILES string of the molecule is NC1CCCN(c2cc(F)c(F)cc2F)C1. The molecule has 0 bridgehead atoms. The van der Waals surface area contributed by atoms with Gasteiger partial charge in [0.2, 0.25) is 0 Å². The summed E-state index contributed by atoms with van der Waals surface area (Å²) in [5, 5.41) is 0. The third-order valence-electron chi connectivity index (χ3n) is 2.79. The number of nitrogens with zero attached hydrogens (tertiary/aromatic N) is 1. The number of hydrogen-bond acceptors (Lipinski definition) is 2. The molecule has 1 heterocycles. The van der Waals surface area contributed by atoms with E-state index in [-0.39, 0.29) is 11.7 Å². The first-order valence-electron chi connectivity index (χ1n) is 5.23. The summed E-state index contributed by atoms with van der Waals surface area (Å²) in [7, 11) is 0. The summed E-state index contributed by atoms with van der Waals surface area (Å²) in [6, 6.07) is 1.43. The number of benzene rings is 1. The molecule has 1 unspecified atom stereocenters. The van der Waals surface area contributed by atoms with Crippen LogP contribution in [-0.2, 0) is 0 Å². The highest BCUT2D eigenvalue weighted by Crippen LogP contribution is 2.25. The molecule has 2 N–H and O–H groups in total. The van der Waals surface area contributed by atoms with Crippen molar-refractivity contribution in [3.63, 3.8) is 0 Å². The molecule has 1 aromatic carbocycles. The zero-order valence-electron chi connectivity index (χ0n) is 8.72. The number of anilines is 1. The van der Waals surface area contributed by atoms with Gasteiger partial charge in [-0.3, -0.25) is 0 Å². The minimum absolute atomic E-state index is 0.0405. The van der Waals surface area contributed by atoms with Crippen LogP contribution in [0.25, 0.3) is 0 Å². The molecule has 0 aliphatic carbocycles. The van der Waals surface area contributed by atoms with Gasteiger partial charge in [-0.15, -0.1) is 0 Å². The normalized spacial score (nSPS) is 21.2. The van der Waals surface area contributed by atoms with Gasteiger partial charge >= 0.3 is 0 Å². The van der Waals surface area contributed by atoms with E-state index in [9.17, 15) is 13.2 Å². The van der Waals surface area contributed by atoms with Crippen LogP contribution < -0.4 is 10.6 Å². The number of nitrogens with two attached hydrogens (primary N) is 1. The van der Waals surface area contributed by atoms with Crippen molar-refractivity contribution < 1.29 is 13.2 Å². The van der Waals surface area contributed by atoms with Crippen molar-refractivity contribution in [1.82, 2.24) is 0 Å². The Morgan fingerprint density at radius 1 is 1.12 bits per heavy atom. The standard InChI is InChI=1S/C11H13F3N2/c12-8-4-10(14)11(5-9(8)13)16-3-1-2-7(15)6-16/h4-5,7H,1-3,6,15H2. The van der Waals surface area contributed by atoms with Gasteiger partial charge in [0.25, 0.3) is 0 Å². The Morgan fingerprint density at radius 3 is 2.50 bits per heavy atom. The number of halogens is 3. The first-order valence-corrected chi connectivity index (χ1v) is 5.23. The molecule has 16 heavy (non-hydrogen) atoms. The predicted octanol–water partition coefficient (Wildman–Crippen LogP) is 2.03. The number of rotatable bonds is 1. The molecule has 1 aliphatic heterocycles. The third kappa shape index (κ3) is 2.14. The Hall–Kier alpha value is -1.23. The molecule has 0 spiro atoms. The fourth-order valence-corrected chi connectivity index (χ4v) is 1.98. The van der Waals surface area contributed by atoms with Crippen molar-refractivity contribution in [3.05, 3.63) is 29.6 Å². The molecule has 0 amide bonds. The minimum atomic E-state index is -1.16. The largest absolute Gasteiger partial charge is 0.368 e. The molecule has 88 valence electrons. The Bertz CT molecular complexity index is 395. The average molecular weight is 230 g/mol. The smallest absolute Gasteiger partial charge is 0.161 e. The summed E-state index contributed by atoms with van der Waals surface area (Å²) in [6.07, 6.45) is 1.71. The van der Waals surface area contributed by atoms with Gasteiger partial charge in [-0.05, 0) is 12.8 Å². The van der Waals surface area contributed by atoms with Crippen LogP contribution in [0.3, 0.4) is 0 Å². The van der Waals surface area contributed by atoms with E-state index < -0.39 is 17.5 Å². The monoisotopic (exact) mass is 230 g/mol. The highest BCUT2D eigenvalue weighted by molar-refractivity contribution is 5.48. The lowest BCUT2D eigenvalue weighted by Crippen LogP contribution is -2.43. The average Bonchev–Trinajstić information content (AvgIpc) is 2.23. The van der Waals surface area contributed by atoms with Crippen molar-refractivity contribution in [2.24, 2.45) is 5.73 Å². The molecule has 1 saturated heterocycles.